The fourth-order valence-electron chi connectivity index (χ4n) is 2.14. The minimum absolute atomic E-state index is 0.0158. The number of rotatable bonds is 4. The van der Waals surface area contributed by atoms with Gasteiger partial charge in [0.05, 0.1) is 5.56 Å². The Hall–Kier alpha value is -1.09. The van der Waals surface area contributed by atoms with E-state index in [0.717, 1.165) is 12.8 Å². The lowest BCUT2D eigenvalue weighted by molar-refractivity contribution is 0.0935. The minimum atomic E-state index is -0.536. The lowest BCUT2D eigenvalue weighted by Crippen LogP contribution is -2.33. The Morgan fingerprint density at radius 2 is 2.17 bits per heavy atom. The van der Waals surface area contributed by atoms with E-state index in [1.54, 1.807) is 0 Å². The summed E-state index contributed by atoms with van der Waals surface area (Å²) in [6, 6.07) is 4.01. The molecule has 2 rings (SSSR count). The maximum Gasteiger partial charge on any atom is 0.254 e. The van der Waals surface area contributed by atoms with Crippen LogP contribution >= 0.6 is 11.6 Å². The molecule has 1 amide bonds. The van der Waals surface area contributed by atoms with Crippen LogP contribution in [0.2, 0.25) is 5.02 Å². The molecule has 0 atom stereocenters. The van der Waals surface area contributed by atoms with E-state index < -0.39 is 5.82 Å². The average molecular weight is 270 g/mol. The first-order chi connectivity index (χ1) is 8.44. The molecule has 0 bridgehead atoms. The number of nitrogens with one attached hydrogen (secondary N) is 1. The maximum absolute atomic E-state index is 13.5. The third-order valence-electron chi connectivity index (χ3n) is 3.89. The van der Waals surface area contributed by atoms with Crippen LogP contribution in [-0.2, 0) is 0 Å². The van der Waals surface area contributed by atoms with Gasteiger partial charge in [0.15, 0.2) is 0 Å². The second-order valence-electron chi connectivity index (χ2n) is 5.32. The van der Waals surface area contributed by atoms with Gasteiger partial charge in [0.25, 0.3) is 5.91 Å². The Kier molecular flexibility index (Phi) is 3.62. The first-order valence-electron chi connectivity index (χ1n) is 6.18. The number of amides is 1. The van der Waals surface area contributed by atoms with E-state index in [9.17, 15) is 9.18 Å². The van der Waals surface area contributed by atoms with Crippen LogP contribution in [0.25, 0.3) is 0 Å². The van der Waals surface area contributed by atoms with Gasteiger partial charge >= 0.3 is 0 Å². The molecule has 1 N–H and O–H groups in total. The van der Waals surface area contributed by atoms with Gasteiger partial charge in [0, 0.05) is 11.6 Å². The SMILES string of the molecule is CC(C)C1(CNC(=O)c2cc(Cl)ccc2F)CC1. The minimum Gasteiger partial charge on any atom is -0.351 e. The maximum atomic E-state index is 13.5. The van der Waals surface area contributed by atoms with Gasteiger partial charge < -0.3 is 5.32 Å². The van der Waals surface area contributed by atoms with Crippen LogP contribution < -0.4 is 5.32 Å². The first-order valence-corrected chi connectivity index (χ1v) is 6.56. The summed E-state index contributed by atoms with van der Waals surface area (Å²) < 4.78 is 13.5. The molecule has 2 nitrogen and oxygen atoms in total. The lowest BCUT2D eigenvalue weighted by atomic mass is 9.92. The molecule has 1 fully saturated rings. The third-order valence-corrected chi connectivity index (χ3v) is 4.13. The highest BCUT2D eigenvalue weighted by Gasteiger charge is 2.45. The van der Waals surface area contributed by atoms with E-state index in [0.29, 0.717) is 17.5 Å². The van der Waals surface area contributed by atoms with E-state index in [2.05, 4.69) is 19.2 Å². The normalized spacial score (nSPS) is 16.7. The molecule has 4 heteroatoms. The van der Waals surface area contributed by atoms with Crippen molar-refractivity contribution in [1.29, 1.82) is 0 Å². The Balaban J connectivity index is 2.02. The number of carbonyl (C=O) groups excluding carboxylic acids is 1. The molecule has 0 aliphatic heterocycles. The summed E-state index contributed by atoms with van der Waals surface area (Å²) in [6.07, 6.45) is 2.26. The van der Waals surface area contributed by atoms with Crippen LogP contribution in [0.3, 0.4) is 0 Å². The fraction of sp³-hybridized carbons (Fsp3) is 0.500. The van der Waals surface area contributed by atoms with Gasteiger partial charge in [-0.2, -0.15) is 0 Å². The summed E-state index contributed by atoms with van der Waals surface area (Å²) in [6.45, 7) is 4.91. The second-order valence-corrected chi connectivity index (χ2v) is 5.76. The van der Waals surface area contributed by atoms with Crippen molar-refractivity contribution in [2.45, 2.75) is 26.7 Å². The molecule has 0 heterocycles. The highest BCUT2D eigenvalue weighted by Crippen LogP contribution is 2.51. The second kappa shape index (κ2) is 4.88. The summed E-state index contributed by atoms with van der Waals surface area (Å²) in [5.41, 5.74) is 0.229. The Bertz CT molecular complexity index is 469. The predicted octanol–water partition coefficient (Wildman–Crippen LogP) is 3.65. The molecular formula is C14H17ClFNO. The Morgan fingerprint density at radius 3 is 2.72 bits per heavy atom. The molecule has 0 radical (unpaired) electrons. The van der Waals surface area contributed by atoms with Crippen molar-refractivity contribution in [2.24, 2.45) is 11.3 Å². The molecule has 0 spiro atoms. The highest BCUT2D eigenvalue weighted by atomic mass is 35.5. The molecule has 1 aromatic carbocycles. The summed E-state index contributed by atoms with van der Waals surface area (Å²) in [5.74, 6) is -0.393. The molecule has 1 aromatic rings. The fourth-order valence-corrected chi connectivity index (χ4v) is 2.31. The monoisotopic (exact) mass is 269 g/mol. The number of carbonyl (C=O) groups is 1. The van der Waals surface area contributed by atoms with Crippen LogP contribution in [-0.4, -0.2) is 12.5 Å². The zero-order valence-electron chi connectivity index (χ0n) is 10.6. The van der Waals surface area contributed by atoms with Gasteiger partial charge in [0.1, 0.15) is 5.82 Å². The van der Waals surface area contributed by atoms with Crippen molar-refractivity contribution in [1.82, 2.24) is 5.32 Å². The number of benzene rings is 1. The molecule has 1 aliphatic carbocycles. The molecule has 0 aromatic heterocycles. The van der Waals surface area contributed by atoms with Gasteiger partial charge in [-0.25, -0.2) is 4.39 Å². The van der Waals surface area contributed by atoms with E-state index in [1.165, 1.54) is 18.2 Å². The van der Waals surface area contributed by atoms with Gasteiger partial charge in [-0.15, -0.1) is 0 Å². The topological polar surface area (TPSA) is 29.1 Å². The lowest BCUT2D eigenvalue weighted by Gasteiger charge is -2.20. The largest absolute Gasteiger partial charge is 0.351 e. The van der Waals surface area contributed by atoms with Gasteiger partial charge in [-0.05, 0) is 42.4 Å². The molecule has 1 aliphatic rings. The standard InChI is InChI=1S/C14H17ClFNO/c1-9(2)14(5-6-14)8-17-13(18)11-7-10(15)3-4-12(11)16/h3-4,7,9H,5-6,8H2,1-2H3,(H,17,18). The molecule has 1 saturated carbocycles. The summed E-state index contributed by atoms with van der Waals surface area (Å²) in [7, 11) is 0. The van der Waals surface area contributed by atoms with Crippen LogP contribution in [0.5, 0.6) is 0 Å². The number of halogens is 2. The van der Waals surface area contributed by atoms with Crippen molar-refractivity contribution >= 4 is 17.5 Å². The Labute approximate surface area is 112 Å². The van der Waals surface area contributed by atoms with E-state index >= 15 is 0 Å². The van der Waals surface area contributed by atoms with Crippen molar-refractivity contribution in [3.05, 3.63) is 34.6 Å². The van der Waals surface area contributed by atoms with E-state index in [-0.39, 0.29) is 16.9 Å². The average Bonchev–Trinajstić information content (AvgIpc) is 3.10. The van der Waals surface area contributed by atoms with Gasteiger partial charge in [-0.3, -0.25) is 4.79 Å². The van der Waals surface area contributed by atoms with Crippen LogP contribution in [0, 0.1) is 17.2 Å². The van der Waals surface area contributed by atoms with Crippen molar-refractivity contribution in [2.75, 3.05) is 6.54 Å². The third kappa shape index (κ3) is 2.66. The number of hydrogen-bond donors (Lipinski definition) is 1. The summed E-state index contributed by atoms with van der Waals surface area (Å²) >= 11 is 5.77. The van der Waals surface area contributed by atoms with Crippen molar-refractivity contribution < 1.29 is 9.18 Å². The summed E-state index contributed by atoms with van der Waals surface area (Å²) in [4.78, 5) is 11.9. The smallest absolute Gasteiger partial charge is 0.254 e. The van der Waals surface area contributed by atoms with Crippen LogP contribution in [0.4, 0.5) is 4.39 Å². The molecular weight excluding hydrogens is 253 g/mol. The van der Waals surface area contributed by atoms with Gasteiger partial charge in [-0.1, -0.05) is 25.4 Å². The van der Waals surface area contributed by atoms with Gasteiger partial charge in [0.2, 0.25) is 0 Å². The van der Waals surface area contributed by atoms with Crippen LogP contribution in [0.15, 0.2) is 18.2 Å². The van der Waals surface area contributed by atoms with Crippen LogP contribution in [0.1, 0.15) is 37.0 Å². The predicted molar refractivity (Wildman–Crippen MR) is 70.2 cm³/mol. The first kappa shape index (κ1) is 13.3. The van der Waals surface area contributed by atoms with Crippen molar-refractivity contribution in [3.8, 4) is 0 Å². The molecule has 18 heavy (non-hydrogen) atoms. The van der Waals surface area contributed by atoms with E-state index in [1.807, 2.05) is 0 Å². The molecule has 98 valence electrons. The zero-order chi connectivity index (χ0) is 13.3. The van der Waals surface area contributed by atoms with Crippen molar-refractivity contribution in [3.63, 3.8) is 0 Å². The molecule has 0 saturated heterocycles. The molecule has 0 unspecified atom stereocenters. The quantitative estimate of drug-likeness (QED) is 0.888. The zero-order valence-corrected chi connectivity index (χ0v) is 11.4. The number of hydrogen-bond acceptors (Lipinski definition) is 1. The Morgan fingerprint density at radius 1 is 1.50 bits per heavy atom. The highest BCUT2D eigenvalue weighted by molar-refractivity contribution is 6.30. The summed E-state index contributed by atoms with van der Waals surface area (Å²) in [5, 5.41) is 3.18. The van der Waals surface area contributed by atoms with E-state index in [4.69, 9.17) is 11.6 Å².